The molecule has 0 aromatic carbocycles. The Balaban J connectivity index is 3.30. The van der Waals surface area contributed by atoms with Crippen molar-refractivity contribution in [2.24, 2.45) is 0 Å². The van der Waals surface area contributed by atoms with E-state index in [9.17, 15) is 4.79 Å². The summed E-state index contributed by atoms with van der Waals surface area (Å²) in [6, 6.07) is 1.06. The van der Waals surface area contributed by atoms with E-state index in [1.165, 1.54) is 6.08 Å². The van der Waals surface area contributed by atoms with Crippen molar-refractivity contribution >= 4 is 15.0 Å². The van der Waals surface area contributed by atoms with Gasteiger partial charge in [-0.05, 0) is 25.9 Å². The number of hydrogen-bond donors (Lipinski definition) is 0. The van der Waals surface area contributed by atoms with Gasteiger partial charge in [0.15, 0.2) is 9.04 Å². The van der Waals surface area contributed by atoms with Crippen LogP contribution in [0.1, 0.15) is 13.3 Å². The minimum atomic E-state index is -0.970. The van der Waals surface area contributed by atoms with Crippen molar-refractivity contribution in [1.29, 1.82) is 0 Å². The second-order valence-corrected chi connectivity index (χ2v) is 5.53. The molecule has 0 fully saturated rings. The van der Waals surface area contributed by atoms with Crippen LogP contribution >= 0.6 is 0 Å². The summed E-state index contributed by atoms with van der Waals surface area (Å²) in [7, 11) is 0.769. The second kappa shape index (κ2) is 8.01. The van der Waals surface area contributed by atoms with Crippen molar-refractivity contribution in [1.82, 2.24) is 0 Å². The molecule has 13 heavy (non-hydrogen) atoms. The van der Waals surface area contributed by atoms with E-state index in [2.05, 4.69) is 6.55 Å². The fourth-order valence-electron chi connectivity index (χ4n) is 0.846. The molecule has 0 heterocycles. The summed E-state index contributed by atoms with van der Waals surface area (Å²) in [6.07, 6.45) is 4.01. The van der Waals surface area contributed by atoms with E-state index in [1.54, 1.807) is 20.1 Å². The van der Waals surface area contributed by atoms with Gasteiger partial charge in [0.05, 0.1) is 6.61 Å². The summed E-state index contributed by atoms with van der Waals surface area (Å²) in [5, 5.41) is 0. The zero-order valence-electron chi connectivity index (χ0n) is 8.58. The Bertz CT molecular complexity index is 168. The van der Waals surface area contributed by atoms with Gasteiger partial charge in [0, 0.05) is 13.2 Å². The molecule has 0 radical (unpaired) electrons. The predicted molar refractivity (Wildman–Crippen MR) is 55.2 cm³/mol. The minimum Gasteiger partial charge on any atom is -0.463 e. The number of carbonyl (C=O) groups excluding carboxylic acids is 1. The Labute approximate surface area is 81.5 Å². The van der Waals surface area contributed by atoms with E-state index in [0.29, 0.717) is 6.61 Å². The molecule has 0 aromatic heterocycles. The summed E-state index contributed by atoms with van der Waals surface area (Å²) in [4.78, 5) is 10.8. The van der Waals surface area contributed by atoms with Crippen molar-refractivity contribution in [3.8, 4) is 0 Å². The van der Waals surface area contributed by atoms with E-state index in [-0.39, 0.29) is 5.97 Å². The van der Waals surface area contributed by atoms with Gasteiger partial charge < -0.3 is 9.16 Å². The highest BCUT2D eigenvalue weighted by atomic mass is 28.3. The van der Waals surface area contributed by atoms with E-state index < -0.39 is 9.04 Å². The molecule has 1 unspecified atom stereocenters. The SMILES string of the molecule is CC=CC(=O)OCCC[SiH](C)OC. The molecule has 0 aliphatic rings. The first kappa shape index (κ1) is 12.4. The van der Waals surface area contributed by atoms with Gasteiger partial charge in [0.1, 0.15) is 0 Å². The van der Waals surface area contributed by atoms with Crippen LogP contribution in [0.15, 0.2) is 12.2 Å². The predicted octanol–water partition coefficient (Wildman–Crippen LogP) is 1.50. The van der Waals surface area contributed by atoms with Crippen molar-refractivity contribution in [2.45, 2.75) is 25.9 Å². The molecule has 0 aromatic rings. The summed E-state index contributed by atoms with van der Waals surface area (Å²) in [5.74, 6) is -0.255. The summed E-state index contributed by atoms with van der Waals surface area (Å²) < 4.78 is 10.1. The fourth-order valence-corrected chi connectivity index (χ4v) is 1.82. The Morgan fingerprint density at radius 2 is 2.23 bits per heavy atom. The molecule has 0 saturated heterocycles. The van der Waals surface area contributed by atoms with Crippen LogP contribution in [0.2, 0.25) is 12.6 Å². The van der Waals surface area contributed by atoms with E-state index in [1.807, 2.05) is 0 Å². The van der Waals surface area contributed by atoms with Gasteiger partial charge in [-0.1, -0.05) is 6.08 Å². The van der Waals surface area contributed by atoms with Gasteiger partial charge in [-0.3, -0.25) is 0 Å². The van der Waals surface area contributed by atoms with Crippen LogP contribution in [0, 0.1) is 0 Å². The first-order chi connectivity index (χ1) is 6.20. The first-order valence-electron chi connectivity index (χ1n) is 4.53. The zero-order valence-corrected chi connectivity index (χ0v) is 9.73. The smallest absolute Gasteiger partial charge is 0.330 e. The van der Waals surface area contributed by atoms with Gasteiger partial charge in [-0.15, -0.1) is 0 Å². The van der Waals surface area contributed by atoms with E-state index >= 15 is 0 Å². The first-order valence-corrected chi connectivity index (χ1v) is 6.97. The standard InChI is InChI=1S/C9H18O3Si/c1-4-6-9(10)12-7-5-8-13(3)11-2/h4,6,13H,5,7-8H2,1-3H3. The van der Waals surface area contributed by atoms with Crippen LogP contribution in [-0.2, 0) is 14.0 Å². The average molecular weight is 202 g/mol. The monoisotopic (exact) mass is 202 g/mol. The van der Waals surface area contributed by atoms with Gasteiger partial charge in [0.2, 0.25) is 0 Å². The Kier molecular flexibility index (Phi) is 7.63. The summed E-state index contributed by atoms with van der Waals surface area (Å²) >= 11 is 0. The minimum absolute atomic E-state index is 0.255. The Morgan fingerprint density at radius 1 is 1.54 bits per heavy atom. The molecular formula is C9H18O3Si. The highest BCUT2D eigenvalue weighted by molar-refractivity contribution is 6.50. The van der Waals surface area contributed by atoms with Crippen molar-refractivity contribution in [3.05, 3.63) is 12.2 Å². The highest BCUT2D eigenvalue weighted by Gasteiger charge is 2.02. The summed E-state index contributed by atoms with van der Waals surface area (Å²) in [6.45, 7) is 4.43. The van der Waals surface area contributed by atoms with E-state index in [0.717, 1.165) is 12.5 Å². The zero-order chi connectivity index (χ0) is 10.1. The number of rotatable bonds is 6. The molecular weight excluding hydrogens is 184 g/mol. The molecule has 0 spiro atoms. The molecule has 0 saturated carbocycles. The van der Waals surface area contributed by atoms with Crippen LogP contribution in [-0.4, -0.2) is 28.7 Å². The molecule has 0 rings (SSSR count). The van der Waals surface area contributed by atoms with Crippen LogP contribution in [0.4, 0.5) is 0 Å². The van der Waals surface area contributed by atoms with Crippen LogP contribution in [0.25, 0.3) is 0 Å². The Morgan fingerprint density at radius 3 is 2.77 bits per heavy atom. The lowest BCUT2D eigenvalue weighted by Crippen LogP contribution is -2.11. The third-order valence-electron chi connectivity index (χ3n) is 1.70. The highest BCUT2D eigenvalue weighted by Crippen LogP contribution is 1.98. The molecule has 3 nitrogen and oxygen atoms in total. The van der Waals surface area contributed by atoms with Gasteiger partial charge in [0.25, 0.3) is 0 Å². The number of allylic oxidation sites excluding steroid dienone is 1. The molecule has 1 atom stereocenters. The number of esters is 1. The summed E-state index contributed by atoms with van der Waals surface area (Å²) in [5.41, 5.74) is 0. The number of carbonyl (C=O) groups is 1. The lowest BCUT2D eigenvalue weighted by Gasteiger charge is -2.06. The lowest BCUT2D eigenvalue weighted by atomic mass is 10.5. The fraction of sp³-hybridized carbons (Fsp3) is 0.667. The van der Waals surface area contributed by atoms with Crippen LogP contribution in [0.3, 0.4) is 0 Å². The Hall–Kier alpha value is -0.613. The number of ether oxygens (including phenoxy) is 1. The maximum absolute atomic E-state index is 10.8. The lowest BCUT2D eigenvalue weighted by molar-refractivity contribution is -0.137. The second-order valence-electron chi connectivity index (χ2n) is 2.86. The molecule has 0 bridgehead atoms. The van der Waals surface area contributed by atoms with Crippen molar-refractivity contribution in [3.63, 3.8) is 0 Å². The normalized spacial score (nSPS) is 13.2. The molecule has 0 amide bonds. The molecule has 0 N–H and O–H groups in total. The average Bonchev–Trinajstić information content (AvgIpc) is 2.12. The van der Waals surface area contributed by atoms with E-state index in [4.69, 9.17) is 9.16 Å². The topological polar surface area (TPSA) is 35.5 Å². The molecule has 76 valence electrons. The van der Waals surface area contributed by atoms with Gasteiger partial charge in [-0.2, -0.15) is 0 Å². The number of hydrogen-bond acceptors (Lipinski definition) is 3. The largest absolute Gasteiger partial charge is 0.463 e. The quantitative estimate of drug-likeness (QED) is 0.283. The maximum atomic E-state index is 10.8. The van der Waals surface area contributed by atoms with Crippen molar-refractivity contribution < 1.29 is 14.0 Å². The van der Waals surface area contributed by atoms with Gasteiger partial charge >= 0.3 is 5.97 Å². The maximum Gasteiger partial charge on any atom is 0.330 e. The van der Waals surface area contributed by atoms with Crippen LogP contribution in [0.5, 0.6) is 0 Å². The van der Waals surface area contributed by atoms with Crippen molar-refractivity contribution in [2.75, 3.05) is 13.7 Å². The molecule has 4 heteroatoms. The molecule has 0 aliphatic heterocycles. The molecule has 0 aliphatic carbocycles. The van der Waals surface area contributed by atoms with Gasteiger partial charge in [-0.25, -0.2) is 4.79 Å². The third-order valence-corrected chi connectivity index (χ3v) is 3.73. The van der Waals surface area contributed by atoms with Crippen LogP contribution < -0.4 is 0 Å². The third kappa shape index (κ3) is 7.74.